The highest BCUT2D eigenvalue weighted by molar-refractivity contribution is 9.15. The molecule has 0 spiro atoms. The molecule has 0 saturated carbocycles. The van der Waals surface area contributed by atoms with Gasteiger partial charge in [-0.2, -0.15) is 0 Å². The van der Waals surface area contributed by atoms with Crippen LogP contribution in [0.15, 0.2) is 121 Å². The molecule has 4 aromatic carbocycles. The number of halogens is 5. The summed E-state index contributed by atoms with van der Waals surface area (Å²) in [5.41, 5.74) is 14.2. The first kappa shape index (κ1) is 33.9. The van der Waals surface area contributed by atoms with Crippen LogP contribution in [0.3, 0.4) is 0 Å². The van der Waals surface area contributed by atoms with E-state index in [2.05, 4.69) is 68.4 Å². The molecule has 5 heterocycles. The van der Waals surface area contributed by atoms with E-state index < -0.39 is 0 Å². The molecule has 256 valence electrons. The van der Waals surface area contributed by atoms with Crippen LogP contribution in [0.4, 0.5) is 0 Å². The van der Waals surface area contributed by atoms with Crippen molar-refractivity contribution < 1.29 is 0 Å². The van der Waals surface area contributed by atoms with Gasteiger partial charge < -0.3 is 9.97 Å². The summed E-state index contributed by atoms with van der Waals surface area (Å²) in [6.45, 7) is 0. The summed E-state index contributed by atoms with van der Waals surface area (Å²) in [4.78, 5) is 18.2. The number of nitrogens with zero attached hydrogens (tertiary/aromatic N) is 2. The number of aromatic amines is 2. The maximum atomic E-state index is 6.39. The van der Waals surface area contributed by atoms with Gasteiger partial charge in [0.05, 0.1) is 22.8 Å². The molecule has 8 bridgehead atoms. The number of rotatable bonds is 4. The smallest absolute Gasteiger partial charge is 0.0879 e. The van der Waals surface area contributed by atoms with Gasteiger partial charge in [-0.05, 0) is 129 Å². The summed E-state index contributed by atoms with van der Waals surface area (Å²) in [6, 6.07) is 39.7. The minimum Gasteiger partial charge on any atom is -0.354 e. The van der Waals surface area contributed by atoms with Crippen molar-refractivity contribution in [1.29, 1.82) is 0 Å². The van der Waals surface area contributed by atoms with Gasteiger partial charge in [-0.3, -0.25) is 0 Å². The average molecular weight is 831 g/mol. The third-order valence-corrected chi connectivity index (χ3v) is 11.0. The van der Waals surface area contributed by atoms with E-state index in [1.54, 1.807) is 0 Å². The lowest BCUT2D eigenvalue weighted by molar-refractivity contribution is 1.31. The molecule has 4 nitrogen and oxygen atoms in total. The maximum absolute atomic E-state index is 6.39. The van der Waals surface area contributed by atoms with Gasteiger partial charge in [0.1, 0.15) is 0 Å². The van der Waals surface area contributed by atoms with Gasteiger partial charge in [0, 0.05) is 68.9 Å². The lowest BCUT2D eigenvalue weighted by Crippen LogP contribution is -1.90. The second kappa shape index (κ2) is 13.8. The van der Waals surface area contributed by atoms with Crippen molar-refractivity contribution in [1.82, 2.24) is 19.9 Å². The summed E-state index contributed by atoms with van der Waals surface area (Å²) in [5, 5.41) is 2.61. The number of nitrogens with one attached hydrogen (secondary N) is 2. The first-order valence-electron chi connectivity index (χ1n) is 16.7. The van der Waals surface area contributed by atoms with Crippen molar-refractivity contribution in [3.8, 4) is 44.5 Å². The van der Waals surface area contributed by atoms with Crippen LogP contribution >= 0.6 is 62.3 Å². The Morgan fingerprint density at radius 1 is 0.377 bits per heavy atom. The second-order valence-corrected chi connectivity index (χ2v) is 15.3. The van der Waals surface area contributed by atoms with Crippen molar-refractivity contribution in [2.24, 2.45) is 0 Å². The number of benzene rings is 4. The van der Waals surface area contributed by atoms with E-state index in [0.29, 0.717) is 20.1 Å². The molecule has 0 saturated heterocycles. The highest BCUT2D eigenvalue weighted by atomic mass is 79.9. The van der Waals surface area contributed by atoms with Crippen LogP contribution in [0, 0.1) is 0 Å². The van der Waals surface area contributed by atoms with Crippen molar-refractivity contribution >= 4 is 107 Å². The molecule has 53 heavy (non-hydrogen) atoms. The summed E-state index contributed by atoms with van der Waals surface area (Å²) < 4.78 is 0.841. The summed E-state index contributed by atoms with van der Waals surface area (Å²) >= 11 is 29.4. The molecule has 0 radical (unpaired) electrons. The first-order valence-corrected chi connectivity index (χ1v) is 19.0. The van der Waals surface area contributed by atoms with Crippen molar-refractivity contribution in [3.05, 3.63) is 164 Å². The predicted molar refractivity (Wildman–Crippen MR) is 229 cm³/mol. The number of hydrogen-bond acceptors (Lipinski definition) is 2. The van der Waals surface area contributed by atoms with Gasteiger partial charge in [0.2, 0.25) is 0 Å². The van der Waals surface area contributed by atoms with E-state index in [1.807, 2.05) is 97.1 Å². The molecule has 0 unspecified atom stereocenters. The van der Waals surface area contributed by atoms with Gasteiger partial charge >= 0.3 is 0 Å². The fourth-order valence-electron chi connectivity index (χ4n) is 6.92. The molecule has 2 aliphatic rings. The molecule has 3 aromatic heterocycles. The number of fused-ring (bicyclic) bond motifs is 8. The molecule has 0 aliphatic carbocycles. The minimum atomic E-state index is 0.650. The predicted octanol–water partition coefficient (Wildman–Crippen LogP) is 14.7. The van der Waals surface area contributed by atoms with E-state index in [1.165, 1.54) is 0 Å². The van der Waals surface area contributed by atoms with Crippen LogP contribution in [-0.4, -0.2) is 19.9 Å². The molecule has 2 aliphatic heterocycles. The highest BCUT2D eigenvalue weighted by Gasteiger charge is 2.21. The maximum Gasteiger partial charge on any atom is 0.0879 e. The van der Waals surface area contributed by atoms with E-state index in [9.17, 15) is 0 Å². The standard InChI is InChI=1S/C44H25BrCl4N4/c45-32-23-39-42(26-5-13-30(48)14-6-26)37-20-19-35(51-37)40(24-1-9-28(46)10-2-24)33-17-18-34(50-33)41(25-3-11-29(47)12-4-25)36-21-22-38(52-36)43(44(32)53-39)27-7-15-31(49)16-8-27/h1-23,51-52H. The average Bonchev–Trinajstić information content (AvgIpc) is 3.99. The zero-order chi connectivity index (χ0) is 36.2. The summed E-state index contributed by atoms with van der Waals surface area (Å²) in [6.07, 6.45) is 6.19. The Balaban J connectivity index is 1.49. The minimum absolute atomic E-state index is 0.650. The van der Waals surface area contributed by atoms with Crippen LogP contribution < -0.4 is 0 Å². The molecular formula is C44H25BrCl4N4. The lowest BCUT2D eigenvalue weighted by atomic mass is 10.0. The third-order valence-electron chi connectivity index (χ3n) is 9.35. The molecular weight excluding hydrogens is 806 g/mol. The van der Waals surface area contributed by atoms with Crippen molar-refractivity contribution in [3.63, 3.8) is 0 Å². The Morgan fingerprint density at radius 3 is 1.08 bits per heavy atom. The molecule has 0 amide bonds. The zero-order valence-electron chi connectivity index (χ0n) is 27.6. The Morgan fingerprint density at radius 2 is 0.698 bits per heavy atom. The Labute approximate surface area is 333 Å². The van der Waals surface area contributed by atoms with Gasteiger partial charge in [-0.1, -0.05) is 94.9 Å². The Hall–Kier alpha value is -4.88. The quantitative estimate of drug-likeness (QED) is 0.186. The van der Waals surface area contributed by atoms with Crippen LogP contribution in [-0.2, 0) is 0 Å². The van der Waals surface area contributed by atoms with E-state index >= 15 is 0 Å². The third kappa shape index (κ3) is 6.43. The first-order chi connectivity index (χ1) is 25.8. The topological polar surface area (TPSA) is 57.4 Å². The second-order valence-electron chi connectivity index (χ2n) is 12.7. The lowest BCUT2D eigenvalue weighted by Gasteiger charge is -2.07. The van der Waals surface area contributed by atoms with Crippen LogP contribution in [0.2, 0.25) is 20.1 Å². The van der Waals surface area contributed by atoms with E-state index in [4.69, 9.17) is 56.4 Å². The molecule has 7 aromatic rings. The molecule has 2 N–H and O–H groups in total. The van der Waals surface area contributed by atoms with Crippen LogP contribution in [0.25, 0.3) is 89.3 Å². The Bertz CT molecular complexity index is 2800. The fraction of sp³-hybridized carbons (Fsp3) is 0. The van der Waals surface area contributed by atoms with Gasteiger partial charge in [-0.15, -0.1) is 0 Å². The highest BCUT2D eigenvalue weighted by Crippen LogP contribution is 2.42. The van der Waals surface area contributed by atoms with Crippen molar-refractivity contribution in [2.75, 3.05) is 0 Å². The SMILES string of the molecule is Clc1ccc(-c2c3nc(c(-c4ccc(Cl)cc4)c4ccc([nH]4)c(-c4ccc(Cl)cc4)c4nc(c(-c5ccc(Cl)cc5)c5ccc2[nH]5)C=C4Br)C=C3)cc1. The largest absolute Gasteiger partial charge is 0.354 e. The summed E-state index contributed by atoms with van der Waals surface area (Å²) in [7, 11) is 0. The fourth-order valence-corrected chi connectivity index (χ4v) is 7.93. The summed E-state index contributed by atoms with van der Waals surface area (Å²) in [5.74, 6) is 0. The van der Waals surface area contributed by atoms with Gasteiger partial charge in [0.25, 0.3) is 0 Å². The van der Waals surface area contributed by atoms with E-state index in [-0.39, 0.29) is 0 Å². The molecule has 0 fully saturated rings. The van der Waals surface area contributed by atoms with Crippen LogP contribution in [0.5, 0.6) is 0 Å². The molecule has 9 rings (SSSR count). The zero-order valence-corrected chi connectivity index (χ0v) is 32.2. The van der Waals surface area contributed by atoms with Crippen LogP contribution in [0.1, 0.15) is 22.8 Å². The van der Waals surface area contributed by atoms with E-state index in [0.717, 1.165) is 93.8 Å². The number of hydrogen-bond donors (Lipinski definition) is 2. The van der Waals surface area contributed by atoms with Gasteiger partial charge in [-0.25, -0.2) is 9.97 Å². The molecule has 0 atom stereocenters. The number of aromatic nitrogens is 4. The van der Waals surface area contributed by atoms with Crippen molar-refractivity contribution in [2.45, 2.75) is 0 Å². The normalized spacial score (nSPS) is 12.3. The number of H-pyrrole nitrogens is 2. The molecule has 9 heteroatoms. The monoisotopic (exact) mass is 828 g/mol. The van der Waals surface area contributed by atoms with Gasteiger partial charge in [0.15, 0.2) is 0 Å². The Kier molecular flexibility index (Phi) is 8.85.